The predicted octanol–water partition coefficient (Wildman–Crippen LogP) is 4.61. The van der Waals surface area contributed by atoms with Crippen LogP contribution in [0.4, 0.5) is 5.69 Å². The minimum atomic E-state index is -0.244. The molecule has 1 fully saturated rings. The van der Waals surface area contributed by atoms with Gasteiger partial charge >= 0.3 is 11.7 Å². The third-order valence-corrected chi connectivity index (χ3v) is 6.50. The molecular weight excluding hydrogens is 444 g/mol. The molecule has 0 radical (unpaired) electrons. The molecular formula is C26H28N6O3. The van der Waals surface area contributed by atoms with Gasteiger partial charge in [-0.25, -0.2) is 14.6 Å². The fourth-order valence-electron chi connectivity index (χ4n) is 4.66. The van der Waals surface area contributed by atoms with Crippen molar-refractivity contribution in [3.05, 3.63) is 64.4 Å². The molecule has 4 aromatic rings. The Balaban J connectivity index is 1.43. The van der Waals surface area contributed by atoms with Crippen molar-refractivity contribution >= 4 is 33.7 Å². The van der Waals surface area contributed by atoms with Gasteiger partial charge in [-0.2, -0.15) is 0 Å². The summed E-state index contributed by atoms with van der Waals surface area (Å²) in [5, 5.41) is 0. The van der Waals surface area contributed by atoms with Gasteiger partial charge in [-0.1, -0.05) is 12.5 Å². The zero-order chi connectivity index (χ0) is 24.4. The van der Waals surface area contributed by atoms with Gasteiger partial charge < -0.3 is 9.30 Å². The van der Waals surface area contributed by atoms with E-state index in [9.17, 15) is 9.59 Å². The lowest BCUT2D eigenvalue weighted by atomic mass is 10.2. The first-order valence-corrected chi connectivity index (χ1v) is 12.1. The molecule has 0 spiro atoms. The van der Waals surface area contributed by atoms with Gasteiger partial charge in [0.2, 0.25) is 0 Å². The van der Waals surface area contributed by atoms with Crippen molar-refractivity contribution in [2.45, 2.75) is 64.6 Å². The topological polar surface area (TPSA) is 88.3 Å². The lowest BCUT2D eigenvalue weighted by Gasteiger charge is -2.10. The number of pyridine rings is 1. The van der Waals surface area contributed by atoms with Crippen molar-refractivity contribution in [3.63, 3.8) is 0 Å². The molecule has 0 N–H and O–H groups in total. The second-order valence-electron chi connectivity index (χ2n) is 9.05. The standard InChI is InChI=1S/C26H28N6O3/c1-18(33)35-14-6-4-3-5-13-30-22-10-7-19(27-2)15-21(22)29-25(30)17-31-24-16-28-12-11-23(24)32(26(31)34)20-8-9-20/h7,10-12,15-16,20H,3-6,8-9,13-14,17H2,1H3. The van der Waals surface area contributed by atoms with Crippen molar-refractivity contribution in [2.24, 2.45) is 0 Å². The Labute approximate surface area is 202 Å². The van der Waals surface area contributed by atoms with Gasteiger partial charge in [0.1, 0.15) is 5.82 Å². The van der Waals surface area contributed by atoms with E-state index in [-0.39, 0.29) is 17.7 Å². The summed E-state index contributed by atoms with van der Waals surface area (Å²) in [6.07, 6.45) is 9.27. The molecule has 0 aliphatic heterocycles. The Hall–Kier alpha value is -3.93. The number of esters is 1. The Morgan fingerprint density at radius 2 is 1.94 bits per heavy atom. The summed E-state index contributed by atoms with van der Waals surface area (Å²) in [4.78, 5) is 37.0. The molecule has 3 heterocycles. The number of ether oxygens (including phenoxy) is 1. The second kappa shape index (κ2) is 9.74. The van der Waals surface area contributed by atoms with Crippen LogP contribution in [0.1, 0.15) is 57.3 Å². The highest BCUT2D eigenvalue weighted by Crippen LogP contribution is 2.36. The number of carbonyl (C=O) groups excluding carboxylic acids is 1. The number of imidazole rings is 2. The van der Waals surface area contributed by atoms with E-state index in [1.54, 1.807) is 23.0 Å². The molecule has 180 valence electrons. The summed E-state index contributed by atoms with van der Waals surface area (Å²) in [5.74, 6) is 0.551. The number of benzene rings is 1. The minimum absolute atomic E-state index is 0.0265. The highest BCUT2D eigenvalue weighted by Gasteiger charge is 2.29. The van der Waals surface area contributed by atoms with E-state index >= 15 is 0 Å². The van der Waals surface area contributed by atoms with E-state index in [0.717, 1.165) is 73.0 Å². The number of nitrogens with zero attached hydrogens (tertiary/aromatic N) is 6. The number of hydrogen-bond donors (Lipinski definition) is 0. The molecule has 1 aromatic carbocycles. The first kappa shape index (κ1) is 22.8. The van der Waals surface area contributed by atoms with Gasteiger partial charge in [-0.05, 0) is 50.3 Å². The normalized spacial score (nSPS) is 13.4. The fourth-order valence-corrected chi connectivity index (χ4v) is 4.66. The molecule has 0 amide bonds. The molecule has 1 aliphatic rings. The molecule has 3 aromatic heterocycles. The van der Waals surface area contributed by atoms with Crippen molar-refractivity contribution in [1.82, 2.24) is 23.7 Å². The maximum atomic E-state index is 13.4. The molecule has 5 rings (SSSR count). The van der Waals surface area contributed by atoms with Crippen LogP contribution in [0.2, 0.25) is 0 Å². The Bertz CT molecular complexity index is 1480. The SMILES string of the molecule is [C-]#[N+]c1ccc2c(c1)nc(Cn1c(=O)n(C3CC3)c3ccncc31)n2CCCCCCOC(C)=O. The maximum Gasteiger partial charge on any atom is 0.329 e. The predicted molar refractivity (Wildman–Crippen MR) is 132 cm³/mol. The Morgan fingerprint density at radius 3 is 2.71 bits per heavy atom. The molecule has 9 nitrogen and oxygen atoms in total. The quantitative estimate of drug-likeness (QED) is 0.191. The Morgan fingerprint density at radius 1 is 1.11 bits per heavy atom. The molecule has 0 bridgehead atoms. The number of aromatic nitrogens is 5. The van der Waals surface area contributed by atoms with Crippen molar-refractivity contribution < 1.29 is 9.53 Å². The van der Waals surface area contributed by atoms with Crippen LogP contribution in [0.15, 0.2) is 41.5 Å². The van der Waals surface area contributed by atoms with Gasteiger partial charge in [0.05, 0.1) is 48.0 Å². The first-order chi connectivity index (χ1) is 17.1. The van der Waals surface area contributed by atoms with Gasteiger partial charge in [0.25, 0.3) is 0 Å². The van der Waals surface area contributed by atoms with E-state index < -0.39 is 0 Å². The number of aryl methyl sites for hydroxylation is 1. The Kier molecular flexibility index (Phi) is 6.36. The second-order valence-corrected chi connectivity index (χ2v) is 9.05. The number of rotatable bonds is 10. The van der Waals surface area contributed by atoms with Crippen LogP contribution < -0.4 is 5.69 Å². The number of unbranched alkanes of at least 4 members (excludes halogenated alkanes) is 3. The smallest absolute Gasteiger partial charge is 0.329 e. The van der Waals surface area contributed by atoms with Crippen LogP contribution in [-0.4, -0.2) is 36.2 Å². The van der Waals surface area contributed by atoms with E-state index in [0.29, 0.717) is 18.8 Å². The van der Waals surface area contributed by atoms with Crippen LogP contribution in [0.5, 0.6) is 0 Å². The molecule has 1 aliphatic carbocycles. The fraction of sp³-hybridized carbons (Fsp3) is 0.423. The summed E-state index contributed by atoms with van der Waals surface area (Å²) in [5.41, 5.74) is 3.98. The lowest BCUT2D eigenvalue weighted by Crippen LogP contribution is -2.25. The molecule has 0 unspecified atom stereocenters. The number of fused-ring (bicyclic) bond motifs is 2. The molecule has 9 heteroatoms. The number of carbonyl (C=O) groups is 1. The third-order valence-electron chi connectivity index (χ3n) is 6.50. The van der Waals surface area contributed by atoms with Gasteiger partial charge in [0.15, 0.2) is 5.69 Å². The summed E-state index contributed by atoms with van der Waals surface area (Å²) in [6.45, 7) is 10.3. The summed E-state index contributed by atoms with van der Waals surface area (Å²) < 4.78 is 10.8. The largest absolute Gasteiger partial charge is 0.466 e. The van der Waals surface area contributed by atoms with E-state index in [1.807, 2.05) is 22.8 Å². The van der Waals surface area contributed by atoms with Gasteiger partial charge in [-0.15, -0.1) is 0 Å². The zero-order valence-corrected chi connectivity index (χ0v) is 19.8. The summed E-state index contributed by atoms with van der Waals surface area (Å²) in [6, 6.07) is 7.73. The van der Waals surface area contributed by atoms with E-state index in [2.05, 4.69) is 14.4 Å². The van der Waals surface area contributed by atoms with Gasteiger partial charge in [-0.3, -0.25) is 18.9 Å². The molecule has 0 atom stereocenters. The highest BCUT2D eigenvalue weighted by molar-refractivity contribution is 5.80. The average Bonchev–Trinajstić information content (AvgIpc) is 3.57. The van der Waals surface area contributed by atoms with Gasteiger partial charge in [0, 0.05) is 25.7 Å². The van der Waals surface area contributed by atoms with Crippen LogP contribution >= 0.6 is 0 Å². The molecule has 35 heavy (non-hydrogen) atoms. The maximum absolute atomic E-state index is 13.4. The van der Waals surface area contributed by atoms with Crippen molar-refractivity contribution in [3.8, 4) is 0 Å². The summed E-state index contributed by atoms with van der Waals surface area (Å²) >= 11 is 0. The van der Waals surface area contributed by atoms with Crippen molar-refractivity contribution in [2.75, 3.05) is 6.61 Å². The highest BCUT2D eigenvalue weighted by atomic mass is 16.5. The van der Waals surface area contributed by atoms with E-state index in [1.165, 1.54) is 6.92 Å². The average molecular weight is 473 g/mol. The number of hydrogen-bond acceptors (Lipinski definition) is 5. The zero-order valence-electron chi connectivity index (χ0n) is 19.8. The van der Waals surface area contributed by atoms with Crippen molar-refractivity contribution in [1.29, 1.82) is 0 Å². The lowest BCUT2D eigenvalue weighted by molar-refractivity contribution is -0.141. The first-order valence-electron chi connectivity index (χ1n) is 12.1. The minimum Gasteiger partial charge on any atom is -0.466 e. The van der Waals surface area contributed by atoms with Crippen LogP contribution in [0.3, 0.4) is 0 Å². The van der Waals surface area contributed by atoms with Crippen LogP contribution in [0.25, 0.3) is 26.9 Å². The monoisotopic (exact) mass is 472 g/mol. The molecule has 1 saturated carbocycles. The van der Waals surface area contributed by atoms with Crippen LogP contribution in [0, 0.1) is 6.57 Å². The van der Waals surface area contributed by atoms with Crippen LogP contribution in [-0.2, 0) is 22.6 Å². The van der Waals surface area contributed by atoms with E-state index in [4.69, 9.17) is 16.3 Å². The third kappa shape index (κ3) is 4.69. The molecule has 0 saturated heterocycles. The summed E-state index contributed by atoms with van der Waals surface area (Å²) in [7, 11) is 0.